The molecule has 6 heteroatoms. The van der Waals surface area contributed by atoms with Crippen molar-refractivity contribution in [2.24, 2.45) is 0 Å². The number of piperazine rings is 1. The van der Waals surface area contributed by atoms with Crippen molar-refractivity contribution in [1.82, 2.24) is 10.2 Å². The summed E-state index contributed by atoms with van der Waals surface area (Å²) in [6.07, 6.45) is 0. The summed E-state index contributed by atoms with van der Waals surface area (Å²) in [6, 6.07) is 4.86. The summed E-state index contributed by atoms with van der Waals surface area (Å²) < 4.78 is 0. The first-order valence-electron chi connectivity index (χ1n) is 5.59. The lowest BCUT2D eigenvalue weighted by Gasteiger charge is -2.31. The highest BCUT2D eigenvalue weighted by atomic mass is 35.5. The molecular formula is C12H14ClN3O2. The maximum Gasteiger partial charge on any atom is 0.243 e. The maximum atomic E-state index is 11.5. The van der Waals surface area contributed by atoms with Gasteiger partial charge in [0.1, 0.15) is 0 Å². The van der Waals surface area contributed by atoms with Gasteiger partial charge in [0.25, 0.3) is 0 Å². The quantitative estimate of drug-likeness (QED) is 0.613. The molecule has 96 valence electrons. The lowest BCUT2D eigenvalue weighted by Crippen LogP contribution is -2.56. The minimum Gasteiger partial charge on any atom is -0.398 e. The van der Waals surface area contributed by atoms with Crippen molar-refractivity contribution in [3.8, 4) is 0 Å². The van der Waals surface area contributed by atoms with E-state index in [2.05, 4.69) is 5.32 Å². The molecule has 2 rings (SSSR count). The van der Waals surface area contributed by atoms with Crippen LogP contribution >= 0.6 is 11.6 Å². The van der Waals surface area contributed by atoms with Crippen LogP contribution in [0.5, 0.6) is 0 Å². The number of nitrogens with zero attached hydrogens (tertiary/aromatic N) is 1. The molecule has 1 saturated heterocycles. The van der Waals surface area contributed by atoms with Crippen LogP contribution in [-0.4, -0.2) is 29.3 Å². The number of rotatable bonds is 2. The predicted octanol–water partition coefficient (Wildman–Crippen LogP) is 0.769. The average Bonchev–Trinajstić information content (AvgIpc) is 2.29. The van der Waals surface area contributed by atoms with Gasteiger partial charge in [-0.2, -0.15) is 0 Å². The number of amides is 2. The summed E-state index contributed by atoms with van der Waals surface area (Å²) in [5.41, 5.74) is 7.28. The van der Waals surface area contributed by atoms with E-state index < -0.39 is 0 Å². The monoisotopic (exact) mass is 267 g/mol. The van der Waals surface area contributed by atoms with Crippen molar-refractivity contribution in [3.05, 3.63) is 28.8 Å². The van der Waals surface area contributed by atoms with E-state index in [1.807, 2.05) is 0 Å². The molecule has 1 unspecified atom stereocenters. The van der Waals surface area contributed by atoms with E-state index in [9.17, 15) is 9.59 Å². The standard InChI is InChI=1S/C12H14ClN3O2/c1-7-12(18)15-11(17)6-16(7)5-8-2-3-9(13)4-10(8)14/h2-4,7H,5-6,14H2,1H3,(H,15,17,18). The number of nitrogens with two attached hydrogens (primary N) is 1. The number of nitrogens with one attached hydrogen (secondary N) is 1. The molecule has 1 atom stereocenters. The van der Waals surface area contributed by atoms with Crippen molar-refractivity contribution in [2.75, 3.05) is 12.3 Å². The molecule has 1 aliphatic heterocycles. The second-order valence-electron chi connectivity index (χ2n) is 4.34. The minimum atomic E-state index is -0.349. The zero-order valence-corrected chi connectivity index (χ0v) is 10.7. The van der Waals surface area contributed by atoms with E-state index in [1.165, 1.54) is 0 Å². The fourth-order valence-corrected chi connectivity index (χ4v) is 2.07. The molecule has 0 bridgehead atoms. The fourth-order valence-electron chi connectivity index (χ4n) is 1.89. The summed E-state index contributed by atoms with van der Waals surface area (Å²) >= 11 is 5.82. The molecule has 2 amide bonds. The lowest BCUT2D eigenvalue weighted by atomic mass is 10.1. The van der Waals surface area contributed by atoms with Gasteiger partial charge in [0, 0.05) is 17.3 Å². The van der Waals surface area contributed by atoms with Crippen LogP contribution in [0.4, 0.5) is 5.69 Å². The summed E-state index contributed by atoms with van der Waals surface area (Å²) in [7, 11) is 0. The van der Waals surface area contributed by atoms with Gasteiger partial charge in [0.2, 0.25) is 11.8 Å². The van der Waals surface area contributed by atoms with Gasteiger partial charge in [-0.05, 0) is 24.6 Å². The fraction of sp³-hybridized carbons (Fsp3) is 0.333. The third-order valence-corrected chi connectivity index (χ3v) is 3.25. The molecule has 1 fully saturated rings. The van der Waals surface area contributed by atoms with Crippen molar-refractivity contribution < 1.29 is 9.59 Å². The number of carbonyl (C=O) groups is 2. The summed E-state index contributed by atoms with van der Waals surface area (Å²) in [6.45, 7) is 2.40. The molecule has 1 heterocycles. The molecular weight excluding hydrogens is 254 g/mol. The van der Waals surface area contributed by atoms with Crippen LogP contribution in [-0.2, 0) is 16.1 Å². The number of halogens is 1. The average molecular weight is 268 g/mol. The van der Waals surface area contributed by atoms with E-state index in [1.54, 1.807) is 30.0 Å². The number of hydrogen-bond acceptors (Lipinski definition) is 4. The molecule has 0 aromatic heterocycles. The summed E-state index contributed by atoms with van der Waals surface area (Å²) in [5, 5.41) is 2.86. The Morgan fingerprint density at radius 3 is 2.89 bits per heavy atom. The third-order valence-electron chi connectivity index (χ3n) is 3.02. The van der Waals surface area contributed by atoms with Crippen molar-refractivity contribution in [3.63, 3.8) is 0 Å². The van der Waals surface area contributed by atoms with Crippen LogP contribution in [0, 0.1) is 0 Å². The normalized spacial score (nSPS) is 20.9. The second-order valence-corrected chi connectivity index (χ2v) is 4.77. The van der Waals surface area contributed by atoms with E-state index >= 15 is 0 Å². The number of anilines is 1. The number of carbonyl (C=O) groups excluding carboxylic acids is 2. The largest absolute Gasteiger partial charge is 0.398 e. The number of nitrogen functional groups attached to an aromatic ring is 1. The maximum absolute atomic E-state index is 11.5. The SMILES string of the molecule is CC1C(=O)NC(=O)CN1Cc1ccc(Cl)cc1N. The smallest absolute Gasteiger partial charge is 0.243 e. The summed E-state index contributed by atoms with van der Waals surface area (Å²) in [4.78, 5) is 24.6. The van der Waals surface area contributed by atoms with Crippen molar-refractivity contribution in [1.29, 1.82) is 0 Å². The van der Waals surface area contributed by atoms with Gasteiger partial charge in [-0.3, -0.25) is 19.8 Å². The minimum absolute atomic E-state index is 0.189. The Bertz CT molecular complexity index is 504. The molecule has 1 aliphatic rings. The Morgan fingerprint density at radius 1 is 1.50 bits per heavy atom. The number of hydrogen-bond donors (Lipinski definition) is 2. The van der Waals surface area contributed by atoms with Crippen LogP contribution in [0.3, 0.4) is 0 Å². The van der Waals surface area contributed by atoms with E-state index in [0.717, 1.165) is 5.56 Å². The zero-order valence-electron chi connectivity index (χ0n) is 9.94. The third kappa shape index (κ3) is 2.63. The molecule has 3 N–H and O–H groups in total. The first kappa shape index (κ1) is 12.9. The lowest BCUT2D eigenvalue weighted by molar-refractivity contribution is -0.139. The van der Waals surface area contributed by atoms with Crippen LogP contribution in [0.25, 0.3) is 0 Å². The van der Waals surface area contributed by atoms with Gasteiger partial charge in [0.15, 0.2) is 0 Å². The number of benzene rings is 1. The highest BCUT2D eigenvalue weighted by Gasteiger charge is 2.30. The van der Waals surface area contributed by atoms with Gasteiger partial charge >= 0.3 is 0 Å². The van der Waals surface area contributed by atoms with E-state index in [0.29, 0.717) is 17.3 Å². The topological polar surface area (TPSA) is 75.4 Å². The Labute approximate surface area is 110 Å². The van der Waals surface area contributed by atoms with E-state index in [-0.39, 0.29) is 24.4 Å². The van der Waals surface area contributed by atoms with Gasteiger partial charge in [-0.15, -0.1) is 0 Å². The summed E-state index contributed by atoms with van der Waals surface area (Å²) in [5.74, 6) is -0.565. The van der Waals surface area contributed by atoms with Crippen LogP contribution in [0.2, 0.25) is 5.02 Å². The molecule has 0 saturated carbocycles. The van der Waals surface area contributed by atoms with Gasteiger partial charge < -0.3 is 5.73 Å². The highest BCUT2D eigenvalue weighted by Crippen LogP contribution is 2.21. The second kappa shape index (κ2) is 4.96. The zero-order chi connectivity index (χ0) is 13.3. The van der Waals surface area contributed by atoms with Crippen LogP contribution < -0.4 is 11.1 Å². The number of imide groups is 1. The predicted molar refractivity (Wildman–Crippen MR) is 68.9 cm³/mol. The van der Waals surface area contributed by atoms with Crippen molar-refractivity contribution >= 4 is 29.1 Å². The molecule has 0 aliphatic carbocycles. The Balaban J connectivity index is 2.17. The van der Waals surface area contributed by atoms with Crippen molar-refractivity contribution in [2.45, 2.75) is 19.5 Å². The van der Waals surface area contributed by atoms with Gasteiger partial charge in [0.05, 0.1) is 12.6 Å². The van der Waals surface area contributed by atoms with Crippen LogP contribution in [0.15, 0.2) is 18.2 Å². The van der Waals surface area contributed by atoms with Gasteiger partial charge in [-0.25, -0.2) is 0 Å². The molecule has 1 aromatic carbocycles. The van der Waals surface area contributed by atoms with Gasteiger partial charge in [-0.1, -0.05) is 17.7 Å². The highest BCUT2D eigenvalue weighted by molar-refractivity contribution is 6.30. The molecule has 1 aromatic rings. The molecule has 18 heavy (non-hydrogen) atoms. The molecule has 0 spiro atoms. The Kier molecular flexibility index (Phi) is 3.54. The molecule has 5 nitrogen and oxygen atoms in total. The van der Waals surface area contributed by atoms with E-state index in [4.69, 9.17) is 17.3 Å². The first-order chi connectivity index (χ1) is 8.47. The molecule has 0 radical (unpaired) electrons. The Hall–Kier alpha value is -1.59. The Morgan fingerprint density at radius 2 is 2.22 bits per heavy atom. The van der Waals surface area contributed by atoms with Crippen LogP contribution in [0.1, 0.15) is 12.5 Å². The first-order valence-corrected chi connectivity index (χ1v) is 5.97.